The molecule has 0 saturated heterocycles. The molecule has 7 heteroatoms. The monoisotopic (exact) mass is 478 g/mol. The van der Waals surface area contributed by atoms with Crippen LogP contribution in [0.3, 0.4) is 0 Å². The summed E-state index contributed by atoms with van der Waals surface area (Å²) < 4.78 is 11.5. The quantitative estimate of drug-likeness (QED) is 0.333. The van der Waals surface area contributed by atoms with Crippen molar-refractivity contribution >= 4 is 11.6 Å². The average molecular weight is 479 g/mol. The molecule has 180 valence electrons. The Balaban J connectivity index is 1.56. The lowest BCUT2D eigenvalue weighted by atomic mass is 10.0. The third-order valence-corrected chi connectivity index (χ3v) is 5.52. The molecule has 7 nitrogen and oxygen atoms in total. The maximum atomic E-state index is 13.3. The van der Waals surface area contributed by atoms with Gasteiger partial charge < -0.3 is 20.1 Å². The summed E-state index contributed by atoms with van der Waals surface area (Å²) in [6.07, 6.45) is 1.71. The SMILES string of the molecule is COc1cc([C@H](Nc2ccc(C#N)cc2)C(=O)NCc2ccccc2)ccc1OCc1ccccn1. The molecule has 4 rings (SSSR count). The highest BCUT2D eigenvalue weighted by molar-refractivity contribution is 5.86. The van der Waals surface area contributed by atoms with E-state index >= 15 is 0 Å². The van der Waals surface area contributed by atoms with Gasteiger partial charge in [0.15, 0.2) is 11.5 Å². The van der Waals surface area contributed by atoms with Crippen molar-refractivity contribution in [1.29, 1.82) is 5.26 Å². The van der Waals surface area contributed by atoms with Crippen molar-refractivity contribution < 1.29 is 14.3 Å². The number of carbonyl (C=O) groups excluding carboxylic acids is 1. The number of nitriles is 1. The molecule has 0 radical (unpaired) electrons. The van der Waals surface area contributed by atoms with Gasteiger partial charge in [0.25, 0.3) is 0 Å². The maximum absolute atomic E-state index is 13.3. The molecule has 0 fully saturated rings. The Hall–Kier alpha value is -4.83. The van der Waals surface area contributed by atoms with Crippen molar-refractivity contribution in [3.8, 4) is 17.6 Å². The minimum atomic E-state index is -0.708. The molecule has 0 bridgehead atoms. The molecule has 0 aliphatic heterocycles. The first-order chi connectivity index (χ1) is 17.7. The largest absolute Gasteiger partial charge is 0.493 e. The van der Waals surface area contributed by atoms with Crippen LogP contribution in [0.1, 0.15) is 28.4 Å². The number of hydrogen-bond acceptors (Lipinski definition) is 6. The number of nitrogens with one attached hydrogen (secondary N) is 2. The van der Waals surface area contributed by atoms with Gasteiger partial charge in [0.05, 0.1) is 24.4 Å². The number of aromatic nitrogens is 1. The van der Waals surface area contributed by atoms with E-state index in [9.17, 15) is 4.79 Å². The van der Waals surface area contributed by atoms with E-state index in [1.165, 1.54) is 0 Å². The topological polar surface area (TPSA) is 96.3 Å². The number of rotatable bonds is 10. The van der Waals surface area contributed by atoms with Gasteiger partial charge in [-0.05, 0) is 59.7 Å². The second-order valence-corrected chi connectivity index (χ2v) is 7.99. The van der Waals surface area contributed by atoms with Crippen LogP contribution in [0, 0.1) is 11.3 Å². The number of pyridine rings is 1. The van der Waals surface area contributed by atoms with Crippen LogP contribution in [0.15, 0.2) is 97.2 Å². The molecule has 36 heavy (non-hydrogen) atoms. The second kappa shape index (κ2) is 12.0. The smallest absolute Gasteiger partial charge is 0.247 e. The molecule has 3 aromatic carbocycles. The number of carbonyl (C=O) groups is 1. The molecule has 0 unspecified atom stereocenters. The highest BCUT2D eigenvalue weighted by atomic mass is 16.5. The summed E-state index contributed by atoms with van der Waals surface area (Å²) in [6, 6.07) is 29.1. The number of methoxy groups -OCH3 is 1. The number of nitrogens with zero attached hydrogens (tertiary/aromatic N) is 2. The van der Waals surface area contributed by atoms with Gasteiger partial charge in [-0.15, -0.1) is 0 Å². The van der Waals surface area contributed by atoms with E-state index in [0.29, 0.717) is 41.5 Å². The number of benzene rings is 3. The van der Waals surface area contributed by atoms with Crippen molar-refractivity contribution in [2.24, 2.45) is 0 Å². The Morgan fingerprint density at radius 3 is 2.44 bits per heavy atom. The van der Waals surface area contributed by atoms with E-state index in [0.717, 1.165) is 11.3 Å². The molecular formula is C29H26N4O3. The predicted molar refractivity (Wildman–Crippen MR) is 137 cm³/mol. The molecular weight excluding hydrogens is 452 g/mol. The van der Waals surface area contributed by atoms with Crippen LogP contribution in [-0.2, 0) is 17.9 Å². The zero-order valence-corrected chi connectivity index (χ0v) is 19.8. The van der Waals surface area contributed by atoms with E-state index in [-0.39, 0.29) is 5.91 Å². The van der Waals surface area contributed by atoms with Crippen LogP contribution in [0.5, 0.6) is 11.5 Å². The van der Waals surface area contributed by atoms with Crippen LogP contribution >= 0.6 is 0 Å². The first kappa shape index (κ1) is 24.3. The van der Waals surface area contributed by atoms with E-state index in [1.54, 1.807) is 49.7 Å². The lowest BCUT2D eigenvalue weighted by Crippen LogP contribution is -2.33. The average Bonchev–Trinajstić information content (AvgIpc) is 2.95. The van der Waals surface area contributed by atoms with Gasteiger partial charge >= 0.3 is 0 Å². The molecule has 1 aromatic heterocycles. The first-order valence-electron chi connectivity index (χ1n) is 11.5. The van der Waals surface area contributed by atoms with E-state index < -0.39 is 6.04 Å². The Kier molecular flexibility index (Phi) is 8.13. The molecule has 0 spiro atoms. The van der Waals surface area contributed by atoms with Crippen LogP contribution in [0.2, 0.25) is 0 Å². The molecule has 2 N–H and O–H groups in total. The zero-order chi connectivity index (χ0) is 25.2. The number of anilines is 1. The molecule has 0 aliphatic carbocycles. The van der Waals surface area contributed by atoms with Gasteiger partial charge in [-0.2, -0.15) is 5.26 Å². The highest BCUT2D eigenvalue weighted by Crippen LogP contribution is 2.32. The summed E-state index contributed by atoms with van der Waals surface area (Å²) in [5.74, 6) is 0.854. The van der Waals surface area contributed by atoms with E-state index in [2.05, 4.69) is 21.7 Å². The Bertz CT molecular complexity index is 1320. The number of ether oxygens (including phenoxy) is 2. The summed E-state index contributed by atoms with van der Waals surface area (Å²) in [6.45, 7) is 0.689. The molecule has 0 saturated carbocycles. The van der Waals surface area contributed by atoms with Gasteiger partial charge in [0.2, 0.25) is 5.91 Å². The fraction of sp³-hybridized carbons (Fsp3) is 0.138. The number of amides is 1. The molecule has 0 aliphatic rings. The van der Waals surface area contributed by atoms with Gasteiger partial charge in [-0.1, -0.05) is 42.5 Å². The van der Waals surface area contributed by atoms with Gasteiger partial charge in [-0.25, -0.2) is 0 Å². The van der Waals surface area contributed by atoms with E-state index in [1.807, 2.05) is 54.6 Å². The van der Waals surface area contributed by atoms with Gasteiger partial charge in [0, 0.05) is 18.4 Å². The second-order valence-electron chi connectivity index (χ2n) is 7.99. The first-order valence-corrected chi connectivity index (χ1v) is 11.5. The lowest BCUT2D eigenvalue weighted by molar-refractivity contribution is -0.122. The highest BCUT2D eigenvalue weighted by Gasteiger charge is 2.22. The zero-order valence-electron chi connectivity index (χ0n) is 19.8. The number of hydrogen-bond donors (Lipinski definition) is 2. The van der Waals surface area contributed by atoms with Crippen molar-refractivity contribution in [2.45, 2.75) is 19.2 Å². The van der Waals surface area contributed by atoms with E-state index in [4.69, 9.17) is 14.7 Å². The third-order valence-electron chi connectivity index (χ3n) is 5.52. The van der Waals surface area contributed by atoms with Crippen LogP contribution < -0.4 is 20.1 Å². The predicted octanol–water partition coefficient (Wildman–Crippen LogP) is 5.01. The lowest BCUT2D eigenvalue weighted by Gasteiger charge is -2.21. The Morgan fingerprint density at radius 2 is 1.75 bits per heavy atom. The summed E-state index contributed by atoms with van der Waals surface area (Å²) in [5, 5.41) is 15.4. The summed E-state index contributed by atoms with van der Waals surface area (Å²) in [7, 11) is 1.56. The van der Waals surface area contributed by atoms with Crippen LogP contribution in [-0.4, -0.2) is 18.0 Å². The van der Waals surface area contributed by atoms with Crippen molar-refractivity contribution in [1.82, 2.24) is 10.3 Å². The van der Waals surface area contributed by atoms with Gasteiger partial charge in [0.1, 0.15) is 12.6 Å². The van der Waals surface area contributed by atoms with Crippen LogP contribution in [0.25, 0.3) is 0 Å². The minimum absolute atomic E-state index is 0.201. The minimum Gasteiger partial charge on any atom is -0.493 e. The third kappa shape index (κ3) is 6.39. The fourth-order valence-electron chi connectivity index (χ4n) is 3.61. The van der Waals surface area contributed by atoms with Crippen molar-refractivity contribution in [3.63, 3.8) is 0 Å². The van der Waals surface area contributed by atoms with Crippen LogP contribution in [0.4, 0.5) is 5.69 Å². The van der Waals surface area contributed by atoms with Crippen molar-refractivity contribution in [3.05, 3.63) is 120 Å². The fourth-order valence-corrected chi connectivity index (χ4v) is 3.61. The van der Waals surface area contributed by atoms with Crippen molar-refractivity contribution in [2.75, 3.05) is 12.4 Å². The normalized spacial score (nSPS) is 11.1. The molecule has 1 amide bonds. The summed E-state index contributed by atoms with van der Waals surface area (Å²) in [5.41, 5.74) is 3.75. The summed E-state index contributed by atoms with van der Waals surface area (Å²) in [4.78, 5) is 17.6. The maximum Gasteiger partial charge on any atom is 0.247 e. The Morgan fingerprint density at radius 1 is 0.972 bits per heavy atom. The summed E-state index contributed by atoms with van der Waals surface area (Å²) >= 11 is 0. The Labute approximate surface area is 210 Å². The molecule has 1 atom stereocenters. The van der Waals surface area contributed by atoms with Gasteiger partial charge in [-0.3, -0.25) is 9.78 Å². The standard InChI is InChI=1S/C29H26N4O3/c1-35-27-17-23(12-15-26(27)36-20-25-9-5-6-16-31-25)28(33-24-13-10-21(18-30)11-14-24)29(34)32-19-22-7-3-2-4-8-22/h2-17,28,33H,19-20H2,1H3,(H,32,34)/t28-/m0/s1. The molecule has 4 aromatic rings. The molecule has 1 heterocycles.